The molecule has 0 spiro atoms. The van der Waals surface area contributed by atoms with Gasteiger partial charge in [0.15, 0.2) is 0 Å². The van der Waals surface area contributed by atoms with Gasteiger partial charge >= 0.3 is 5.69 Å². The molecule has 0 radical (unpaired) electrons. The Morgan fingerprint density at radius 3 is 2.41 bits per heavy atom. The summed E-state index contributed by atoms with van der Waals surface area (Å²) in [6, 6.07) is 12.1. The minimum Gasteiger partial charge on any atom is -0.276 e. The summed E-state index contributed by atoms with van der Waals surface area (Å²) < 4.78 is 4.34. The van der Waals surface area contributed by atoms with Crippen LogP contribution < -0.4 is 11.2 Å². The maximum atomic E-state index is 13.1. The first-order valence-electron chi connectivity index (χ1n) is 8.55. The predicted octanol–water partition coefficient (Wildman–Crippen LogP) is 3.58. The molecule has 0 aliphatic rings. The number of fused-ring (bicyclic) bond motifs is 3. The largest absolute Gasteiger partial charge is 0.352 e. The van der Waals surface area contributed by atoms with Crippen LogP contribution in [0, 0.1) is 0 Å². The number of aryl methyl sites for hydroxylation is 1. The average molecular weight is 403 g/mol. The molecule has 0 amide bonds. The van der Waals surface area contributed by atoms with Crippen molar-refractivity contribution in [1.82, 2.24) is 18.7 Å². The van der Waals surface area contributed by atoms with Gasteiger partial charge in [-0.1, -0.05) is 42.3 Å². The molecule has 8 heteroatoms. The van der Waals surface area contributed by atoms with Gasteiger partial charge in [-0.05, 0) is 42.3 Å². The van der Waals surface area contributed by atoms with Gasteiger partial charge in [-0.2, -0.15) is 0 Å². The highest BCUT2D eigenvalue weighted by atomic mass is 35.5. The molecule has 2 aromatic heterocycles. The number of nitrogens with zero attached hydrogens (tertiary/aromatic N) is 4. The summed E-state index contributed by atoms with van der Waals surface area (Å²) in [5.74, 6) is 0.315. The third-order valence-corrected chi connectivity index (χ3v) is 4.92. The summed E-state index contributed by atoms with van der Waals surface area (Å²) in [6.45, 7) is 2.72. The molecule has 0 aliphatic carbocycles. The van der Waals surface area contributed by atoms with Crippen molar-refractivity contribution in [1.29, 1.82) is 0 Å². The number of rotatable bonds is 4. The Kier molecular flexibility index (Phi) is 4.53. The van der Waals surface area contributed by atoms with Gasteiger partial charge in [-0.25, -0.2) is 13.9 Å². The van der Waals surface area contributed by atoms with E-state index in [1.54, 1.807) is 30.3 Å². The number of hydrogen-bond donors (Lipinski definition) is 0. The van der Waals surface area contributed by atoms with Gasteiger partial charge in [0.25, 0.3) is 5.56 Å². The van der Waals surface area contributed by atoms with Crippen molar-refractivity contribution in [3.05, 3.63) is 78.9 Å². The molecule has 138 valence electrons. The quantitative estimate of drug-likeness (QED) is 0.524. The highest BCUT2D eigenvalue weighted by Crippen LogP contribution is 2.17. The number of aromatic nitrogens is 4. The van der Waals surface area contributed by atoms with Gasteiger partial charge in [0, 0.05) is 16.6 Å². The van der Waals surface area contributed by atoms with E-state index >= 15 is 0 Å². The molecule has 0 fully saturated rings. The molecule has 0 unspecified atom stereocenters. The zero-order chi connectivity index (χ0) is 19.1. The summed E-state index contributed by atoms with van der Waals surface area (Å²) in [5.41, 5.74) is 0.843. The Labute approximate surface area is 164 Å². The van der Waals surface area contributed by atoms with Crippen LogP contribution in [-0.4, -0.2) is 18.7 Å². The molecule has 0 bridgehead atoms. The van der Waals surface area contributed by atoms with Crippen LogP contribution >= 0.6 is 23.2 Å². The lowest BCUT2D eigenvalue weighted by Crippen LogP contribution is -2.26. The van der Waals surface area contributed by atoms with E-state index in [0.717, 1.165) is 12.0 Å². The van der Waals surface area contributed by atoms with Crippen LogP contribution in [-0.2, 0) is 13.1 Å². The fraction of sp³-hybridized carbons (Fsp3) is 0.211. The van der Waals surface area contributed by atoms with Crippen molar-refractivity contribution >= 4 is 39.9 Å². The SMILES string of the molecule is CCCn1c(=O)c2ccc(Cl)cc2n2c(=O)n(Cc3ccc(Cl)cc3)nc12. The lowest BCUT2D eigenvalue weighted by Gasteiger charge is -2.08. The van der Waals surface area contributed by atoms with E-state index in [0.29, 0.717) is 33.3 Å². The fourth-order valence-corrected chi connectivity index (χ4v) is 3.47. The number of hydrogen-bond acceptors (Lipinski definition) is 3. The molecule has 0 saturated carbocycles. The molecule has 0 N–H and O–H groups in total. The highest BCUT2D eigenvalue weighted by Gasteiger charge is 2.17. The standard InChI is InChI=1S/C19H16Cl2N4O2/c1-2-9-23-17(26)15-8-7-14(21)10-16(15)25-18(23)22-24(19(25)27)11-12-3-5-13(20)6-4-12/h3-8,10H,2,9,11H2,1H3. The van der Waals surface area contributed by atoms with E-state index in [1.807, 2.05) is 19.1 Å². The zero-order valence-corrected chi connectivity index (χ0v) is 16.0. The molecule has 4 rings (SSSR count). The molecular formula is C19H16Cl2N4O2. The Morgan fingerprint density at radius 1 is 1.00 bits per heavy atom. The second-order valence-corrected chi connectivity index (χ2v) is 7.19. The van der Waals surface area contributed by atoms with Crippen LogP contribution in [0.5, 0.6) is 0 Å². The van der Waals surface area contributed by atoms with Crippen molar-refractivity contribution < 1.29 is 0 Å². The summed E-state index contributed by atoms with van der Waals surface area (Å²) in [5, 5.41) is 5.96. The molecule has 0 saturated heterocycles. The first-order chi connectivity index (χ1) is 13.0. The topological polar surface area (TPSA) is 61.3 Å². The monoisotopic (exact) mass is 402 g/mol. The molecule has 6 nitrogen and oxygen atoms in total. The van der Waals surface area contributed by atoms with Crippen LogP contribution in [0.3, 0.4) is 0 Å². The average Bonchev–Trinajstić information content (AvgIpc) is 2.97. The summed E-state index contributed by atoms with van der Waals surface area (Å²) in [6.07, 6.45) is 0.743. The molecule has 0 aliphatic heterocycles. The fourth-order valence-electron chi connectivity index (χ4n) is 3.18. The minimum atomic E-state index is -0.322. The summed E-state index contributed by atoms with van der Waals surface area (Å²) >= 11 is 12.0. The molecular weight excluding hydrogens is 387 g/mol. The van der Waals surface area contributed by atoms with Crippen molar-refractivity contribution in [3.8, 4) is 0 Å². The van der Waals surface area contributed by atoms with E-state index in [1.165, 1.54) is 13.6 Å². The third-order valence-electron chi connectivity index (χ3n) is 4.43. The van der Waals surface area contributed by atoms with Gasteiger partial charge < -0.3 is 0 Å². The third kappa shape index (κ3) is 3.05. The van der Waals surface area contributed by atoms with Crippen LogP contribution in [0.15, 0.2) is 52.1 Å². The van der Waals surface area contributed by atoms with Crippen LogP contribution in [0.2, 0.25) is 10.0 Å². The van der Waals surface area contributed by atoms with Gasteiger partial charge in [-0.15, -0.1) is 5.10 Å². The molecule has 0 atom stereocenters. The van der Waals surface area contributed by atoms with Gasteiger partial charge in [0.2, 0.25) is 5.78 Å². The first kappa shape index (κ1) is 17.8. The first-order valence-corrected chi connectivity index (χ1v) is 9.31. The highest BCUT2D eigenvalue weighted by molar-refractivity contribution is 6.31. The van der Waals surface area contributed by atoms with E-state index in [-0.39, 0.29) is 17.8 Å². The molecule has 27 heavy (non-hydrogen) atoms. The van der Waals surface area contributed by atoms with Crippen molar-refractivity contribution in [2.45, 2.75) is 26.4 Å². The van der Waals surface area contributed by atoms with E-state index < -0.39 is 0 Å². The van der Waals surface area contributed by atoms with Gasteiger partial charge in [-0.3, -0.25) is 9.36 Å². The second-order valence-electron chi connectivity index (χ2n) is 6.32. The Morgan fingerprint density at radius 2 is 1.70 bits per heavy atom. The van der Waals surface area contributed by atoms with E-state index in [9.17, 15) is 9.59 Å². The molecule has 2 aromatic carbocycles. The molecule has 4 aromatic rings. The smallest absolute Gasteiger partial charge is 0.276 e. The Bertz CT molecular complexity index is 1270. The maximum absolute atomic E-state index is 13.1. The van der Waals surface area contributed by atoms with Crippen LogP contribution in [0.1, 0.15) is 18.9 Å². The van der Waals surface area contributed by atoms with Crippen LogP contribution in [0.25, 0.3) is 16.7 Å². The normalized spacial score (nSPS) is 11.5. The van der Waals surface area contributed by atoms with Crippen LogP contribution in [0.4, 0.5) is 0 Å². The lowest BCUT2D eigenvalue weighted by molar-refractivity contribution is 0.639. The van der Waals surface area contributed by atoms with Crippen molar-refractivity contribution in [2.24, 2.45) is 0 Å². The summed E-state index contributed by atoms with van der Waals surface area (Å²) in [4.78, 5) is 26.0. The minimum absolute atomic E-state index is 0.181. The Balaban J connectivity index is 2.02. The number of halogens is 2. The number of benzene rings is 2. The zero-order valence-electron chi connectivity index (χ0n) is 14.5. The van der Waals surface area contributed by atoms with Gasteiger partial charge in [0.05, 0.1) is 17.4 Å². The lowest BCUT2D eigenvalue weighted by atomic mass is 10.2. The second kappa shape index (κ2) is 6.87. The van der Waals surface area contributed by atoms with E-state index in [2.05, 4.69) is 5.10 Å². The maximum Gasteiger partial charge on any atom is 0.352 e. The molecule has 2 heterocycles. The van der Waals surface area contributed by atoms with E-state index in [4.69, 9.17) is 23.2 Å². The Hall–Kier alpha value is -2.57. The van der Waals surface area contributed by atoms with Crippen molar-refractivity contribution in [3.63, 3.8) is 0 Å². The summed E-state index contributed by atoms with van der Waals surface area (Å²) in [7, 11) is 0. The van der Waals surface area contributed by atoms with Gasteiger partial charge in [0.1, 0.15) is 0 Å². The predicted molar refractivity (Wildman–Crippen MR) is 107 cm³/mol. The van der Waals surface area contributed by atoms with Crippen molar-refractivity contribution in [2.75, 3.05) is 0 Å².